The fourth-order valence-corrected chi connectivity index (χ4v) is 3.41. The van der Waals surface area contributed by atoms with E-state index in [9.17, 15) is 14.7 Å². The van der Waals surface area contributed by atoms with Crippen LogP contribution in [0.15, 0.2) is 18.2 Å². The highest BCUT2D eigenvalue weighted by Crippen LogP contribution is 2.26. The summed E-state index contributed by atoms with van der Waals surface area (Å²) in [5.74, 6) is -1.47. The molecule has 2 rings (SSSR count). The van der Waals surface area contributed by atoms with Crippen LogP contribution in [0.5, 0.6) is 0 Å². The Kier molecular flexibility index (Phi) is 6.63. The van der Waals surface area contributed by atoms with Crippen molar-refractivity contribution in [2.45, 2.75) is 32.6 Å². The first-order valence-corrected chi connectivity index (χ1v) is 8.66. The van der Waals surface area contributed by atoms with Crippen molar-refractivity contribution in [2.75, 3.05) is 19.8 Å². The minimum absolute atomic E-state index is 0.0310. The van der Waals surface area contributed by atoms with E-state index in [0.29, 0.717) is 36.6 Å². The first-order valence-electron chi connectivity index (χ1n) is 8.28. The summed E-state index contributed by atoms with van der Waals surface area (Å²) in [6.45, 7) is 5.34. The van der Waals surface area contributed by atoms with Crippen LogP contribution in [0, 0.1) is 11.8 Å². The lowest BCUT2D eigenvalue weighted by Gasteiger charge is -2.27. The number of amides is 1. The Labute approximate surface area is 147 Å². The summed E-state index contributed by atoms with van der Waals surface area (Å²) in [6.07, 6.45) is 1.42. The molecule has 0 radical (unpaired) electrons. The molecule has 1 saturated heterocycles. The summed E-state index contributed by atoms with van der Waals surface area (Å²) in [4.78, 5) is 23.8. The van der Waals surface area contributed by atoms with Crippen LogP contribution in [0.2, 0.25) is 5.02 Å². The van der Waals surface area contributed by atoms with Gasteiger partial charge in [-0.05, 0) is 42.4 Å². The van der Waals surface area contributed by atoms with Crippen molar-refractivity contribution < 1.29 is 19.4 Å². The molecule has 1 aromatic rings. The minimum Gasteiger partial charge on any atom is -0.481 e. The Morgan fingerprint density at radius 2 is 2.00 bits per heavy atom. The molecule has 0 spiro atoms. The third-order valence-electron chi connectivity index (χ3n) is 4.52. The van der Waals surface area contributed by atoms with Gasteiger partial charge in [0, 0.05) is 30.3 Å². The van der Waals surface area contributed by atoms with Crippen molar-refractivity contribution in [3.05, 3.63) is 34.3 Å². The summed E-state index contributed by atoms with van der Waals surface area (Å²) >= 11 is 6.22. The van der Waals surface area contributed by atoms with E-state index < -0.39 is 11.9 Å². The average molecular weight is 354 g/mol. The molecule has 1 unspecified atom stereocenters. The zero-order valence-corrected chi connectivity index (χ0v) is 14.8. The second-order valence-electron chi connectivity index (χ2n) is 6.50. The molecule has 0 saturated carbocycles. The molecule has 0 bridgehead atoms. The number of nitrogens with one attached hydrogen (secondary N) is 1. The molecular formula is C18H24ClNO4. The Morgan fingerprint density at radius 1 is 1.33 bits per heavy atom. The summed E-state index contributed by atoms with van der Waals surface area (Å²) in [5, 5.41) is 12.7. The number of carboxylic acids is 1. The topological polar surface area (TPSA) is 75.6 Å². The van der Waals surface area contributed by atoms with Crippen LogP contribution in [-0.2, 0) is 9.53 Å². The first kappa shape index (κ1) is 18.7. The molecule has 1 aliphatic heterocycles. The number of ether oxygens (including phenoxy) is 1. The molecule has 132 valence electrons. The highest BCUT2D eigenvalue weighted by molar-refractivity contribution is 6.31. The van der Waals surface area contributed by atoms with Crippen LogP contribution in [0.3, 0.4) is 0 Å². The van der Waals surface area contributed by atoms with Gasteiger partial charge in [-0.25, -0.2) is 0 Å². The predicted octanol–water partition coefficient (Wildman–Crippen LogP) is 3.32. The second-order valence-corrected chi connectivity index (χ2v) is 6.90. The van der Waals surface area contributed by atoms with Gasteiger partial charge in [0.1, 0.15) is 0 Å². The third kappa shape index (κ3) is 4.71. The Balaban J connectivity index is 2.00. The zero-order valence-electron chi connectivity index (χ0n) is 14.0. The maximum atomic E-state index is 12.3. The van der Waals surface area contributed by atoms with Crippen LogP contribution < -0.4 is 5.32 Å². The molecule has 1 aromatic carbocycles. The van der Waals surface area contributed by atoms with E-state index in [0.717, 1.165) is 5.56 Å². The summed E-state index contributed by atoms with van der Waals surface area (Å²) in [7, 11) is 0. The molecule has 1 heterocycles. The van der Waals surface area contributed by atoms with E-state index in [2.05, 4.69) is 5.32 Å². The van der Waals surface area contributed by atoms with Crippen LogP contribution in [-0.4, -0.2) is 36.7 Å². The van der Waals surface area contributed by atoms with Crippen molar-refractivity contribution in [1.82, 2.24) is 5.32 Å². The Morgan fingerprint density at radius 3 is 2.54 bits per heavy atom. The normalized spacial score (nSPS) is 16.8. The smallest absolute Gasteiger partial charge is 0.308 e. The molecule has 0 aliphatic carbocycles. The van der Waals surface area contributed by atoms with Crippen molar-refractivity contribution in [3.8, 4) is 0 Å². The fourth-order valence-electron chi connectivity index (χ4n) is 3.02. The summed E-state index contributed by atoms with van der Waals surface area (Å²) < 4.78 is 5.27. The lowest BCUT2D eigenvalue weighted by Crippen LogP contribution is -2.39. The van der Waals surface area contributed by atoms with Crippen molar-refractivity contribution in [1.29, 1.82) is 0 Å². The Bertz CT molecular complexity index is 597. The molecule has 0 aromatic heterocycles. The maximum Gasteiger partial charge on any atom is 0.308 e. The molecule has 1 atom stereocenters. The highest BCUT2D eigenvalue weighted by Gasteiger charge is 2.30. The average Bonchev–Trinajstić information content (AvgIpc) is 2.55. The number of carboxylic acid groups (broad SMARTS) is 1. The van der Waals surface area contributed by atoms with Gasteiger partial charge in [-0.1, -0.05) is 31.5 Å². The number of halogens is 1. The van der Waals surface area contributed by atoms with Gasteiger partial charge in [0.15, 0.2) is 0 Å². The second kappa shape index (κ2) is 8.49. The number of carbonyl (C=O) groups excluding carboxylic acids is 1. The minimum atomic E-state index is -0.879. The largest absolute Gasteiger partial charge is 0.481 e. The van der Waals surface area contributed by atoms with Gasteiger partial charge in [0.2, 0.25) is 0 Å². The predicted molar refractivity (Wildman–Crippen MR) is 92.5 cm³/mol. The standard InChI is InChI=1S/C18H24ClNO4/c1-11(2)14-4-3-13(9-16(14)19)17(21)20-10-15(18(22)23)12-5-7-24-8-6-12/h3-4,9,11-12,15H,5-8,10H2,1-2H3,(H,20,21)(H,22,23). The number of rotatable bonds is 6. The van der Waals surface area contributed by atoms with Gasteiger partial charge < -0.3 is 15.2 Å². The van der Waals surface area contributed by atoms with Gasteiger partial charge in [-0.2, -0.15) is 0 Å². The van der Waals surface area contributed by atoms with Crippen LogP contribution in [0.1, 0.15) is 48.5 Å². The zero-order chi connectivity index (χ0) is 17.7. The molecule has 1 fully saturated rings. The van der Waals surface area contributed by atoms with E-state index in [4.69, 9.17) is 16.3 Å². The summed E-state index contributed by atoms with van der Waals surface area (Å²) in [6, 6.07) is 5.20. The van der Waals surface area contributed by atoms with E-state index in [1.54, 1.807) is 12.1 Å². The molecule has 24 heavy (non-hydrogen) atoms. The van der Waals surface area contributed by atoms with Gasteiger partial charge >= 0.3 is 5.97 Å². The quantitative estimate of drug-likeness (QED) is 0.822. The van der Waals surface area contributed by atoms with Crippen LogP contribution in [0.4, 0.5) is 0 Å². The monoisotopic (exact) mass is 353 g/mol. The summed E-state index contributed by atoms with van der Waals surface area (Å²) in [5.41, 5.74) is 1.43. The van der Waals surface area contributed by atoms with E-state index in [1.807, 2.05) is 19.9 Å². The van der Waals surface area contributed by atoms with Gasteiger partial charge in [-0.15, -0.1) is 0 Å². The van der Waals surface area contributed by atoms with Gasteiger partial charge in [-0.3, -0.25) is 9.59 Å². The number of hydrogen-bond acceptors (Lipinski definition) is 3. The van der Waals surface area contributed by atoms with Crippen molar-refractivity contribution in [2.24, 2.45) is 11.8 Å². The number of carbonyl (C=O) groups is 2. The Hall–Kier alpha value is -1.59. The first-order chi connectivity index (χ1) is 11.4. The van der Waals surface area contributed by atoms with Crippen LogP contribution >= 0.6 is 11.6 Å². The molecule has 2 N–H and O–H groups in total. The molecular weight excluding hydrogens is 330 g/mol. The van der Waals surface area contributed by atoms with Crippen LogP contribution in [0.25, 0.3) is 0 Å². The number of hydrogen-bond donors (Lipinski definition) is 2. The molecule has 1 aliphatic rings. The lowest BCUT2D eigenvalue weighted by molar-refractivity contribution is -0.144. The third-order valence-corrected chi connectivity index (χ3v) is 4.85. The van der Waals surface area contributed by atoms with E-state index in [1.165, 1.54) is 0 Å². The number of benzene rings is 1. The number of aliphatic carboxylic acids is 1. The van der Waals surface area contributed by atoms with Crippen molar-refractivity contribution >= 4 is 23.5 Å². The van der Waals surface area contributed by atoms with Crippen molar-refractivity contribution in [3.63, 3.8) is 0 Å². The fraction of sp³-hybridized carbons (Fsp3) is 0.556. The SMILES string of the molecule is CC(C)c1ccc(C(=O)NCC(C(=O)O)C2CCOCC2)cc1Cl. The lowest BCUT2D eigenvalue weighted by atomic mass is 9.86. The van der Waals surface area contributed by atoms with Gasteiger partial charge in [0.05, 0.1) is 5.92 Å². The van der Waals surface area contributed by atoms with E-state index >= 15 is 0 Å². The van der Waals surface area contributed by atoms with Gasteiger partial charge in [0.25, 0.3) is 5.91 Å². The molecule has 1 amide bonds. The highest BCUT2D eigenvalue weighted by atomic mass is 35.5. The van der Waals surface area contributed by atoms with E-state index in [-0.39, 0.29) is 24.3 Å². The molecule has 5 nitrogen and oxygen atoms in total. The maximum absolute atomic E-state index is 12.3. The molecule has 6 heteroatoms.